The molecule has 17 heavy (non-hydrogen) atoms. The molecule has 100 valence electrons. The van der Waals surface area contributed by atoms with Crippen molar-refractivity contribution in [1.82, 2.24) is 4.90 Å². The number of carbonyl (C=O) groups is 1. The van der Waals surface area contributed by atoms with Gasteiger partial charge in [-0.15, -0.1) is 0 Å². The van der Waals surface area contributed by atoms with Gasteiger partial charge in [-0.2, -0.15) is 11.8 Å². The Kier molecular flexibility index (Phi) is 7.69. The van der Waals surface area contributed by atoms with Crippen LogP contribution in [0.1, 0.15) is 39.0 Å². The lowest BCUT2D eigenvalue weighted by Gasteiger charge is -2.26. The number of aliphatic hydroxyl groups excluding tert-OH is 1. The highest BCUT2D eigenvalue weighted by molar-refractivity contribution is 7.99. The molecule has 0 bridgehead atoms. The predicted octanol–water partition coefficient (Wildman–Crippen LogP) is 2.14. The summed E-state index contributed by atoms with van der Waals surface area (Å²) < 4.78 is 0. The van der Waals surface area contributed by atoms with Crippen LogP contribution < -0.4 is 0 Å². The van der Waals surface area contributed by atoms with Crippen molar-refractivity contribution >= 4 is 17.7 Å². The normalized spacial score (nSPS) is 17.1. The number of hydrogen-bond acceptors (Lipinski definition) is 3. The van der Waals surface area contributed by atoms with E-state index >= 15 is 0 Å². The van der Waals surface area contributed by atoms with E-state index in [1.807, 2.05) is 16.7 Å². The number of rotatable bonds is 7. The summed E-state index contributed by atoms with van der Waals surface area (Å²) in [5.41, 5.74) is 0. The monoisotopic (exact) mass is 259 g/mol. The molecule has 0 aromatic carbocycles. The molecule has 0 aromatic rings. The summed E-state index contributed by atoms with van der Waals surface area (Å²) >= 11 is 1.99. The Morgan fingerprint density at radius 1 is 1.35 bits per heavy atom. The fourth-order valence-corrected chi connectivity index (χ4v) is 3.36. The molecule has 1 heterocycles. The lowest BCUT2D eigenvalue weighted by molar-refractivity contribution is -0.132. The molecule has 4 heteroatoms. The zero-order valence-corrected chi connectivity index (χ0v) is 11.7. The quantitative estimate of drug-likeness (QED) is 0.761. The molecule has 1 amide bonds. The van der Waals surface area contributed by atoms with Crippen LogP contribution >= 0.6 is 11.8 Å². The Morgan fingerprint density at radius 2 is 2.06 bits per heavy atom. The van der Waals surface area contributed by atoms with Crippen LogP contribution in [-0.2, 0) is 4.79 Å². The number of amides is 1. The van der Waals surface area contributed by atoms with Crippen molar-refractivity contribution in [2.24, 2.45) is 5.92 Å². The van der Waals surface area contributed by atoms with Crippen molar-refractivity contribution < 1.29 is 9.90 Å². The van der Waals surface area contributed by atoms with Gasteiger partial charge in [0, 0.05) is 19.5 Å². The molecule has 1 rings (SSSR count). The van der Waals surface area contributed by atoms with E-state index in [2.05, 4.69) is 6.92 Å². The van der Waals surface area contributed by atoms with Gasteiger partial charge in [-0.3, -0.25) is 4.79 Å². The first-order valence-corrected chi connectivity index (χ1v) is 7.89. The number of unbranched alkanes of at least 4 members (excludes halogenated alkanes) is 1. The van der Waals surface area contributed by atoms with Gasteiger partial charge in [0.1, 0.15) is 0 Å². The SMILES string of the molecule is CCCCN(CCO)C(=O)CC1CCSCC1. The second-order valence-electron chi connectivity index (χ2n) is 4.72. The maximum atomic E-state index is 12.1. The molecular formula is C13H25NO2S. The third kappa shape index (κ3) is 5.77. The molecule has 0 aliphatic carbocycles. The van der Waals surface area contributed by atoms with Crippen LogP contribution in [0, 0.1) is 5.92 Å². The van der Waals surface area contributed by atoms with Gasteiger partial charge in [0.25, 0.3) is 0 Å². The second kappa shape index (κ2) is 8.81. The largest absolute Gasteiger partial charge is 0.395 e. The molecule has 0 spiro atoms. The summed E-state index contributed by atoms with van der Waals surface area (Å²) in [4.78, 5) is 14.0. The Hall–Kier alpha value is -0.220. The zero-order valence-electron chi connectivity index (χ0n) is 10.9. The first kappa shape index (κ1) is 14.8. The number of aliphatic hydroxyl groups is 1. The van der Waals surface area contributed by atoms with E-state index in [0.717, 1.165) is 19.4 Å². The van der Waals surface area contributed by atoms with Crippen LogP contribution in [0.4, 0.5) is 0 Å². The number of hydrogen-bond donors (Lipinski definition) is 1. The maximum Gasteiger partial charge on any atom is 0.222 e. The van der Waals surface area contributed by atoms with E-state index in [4.69, 9.17) is 5.11 Å². The first-order chi connectivity index (χ1) is 8.27. The topological polar surface area (TPSA) is 40.5 Å². The molecule has 1 saturated heterocycles. The van der Waals surface area contributed by atoms with Gasteiger partial charge in [0.05, 0.1) is 6.61 Å². The van der Waals surface area contributed by atoms with Crippen LogP contribution in [0.3, 0.4) is 0 Å². The Bertz CT molecular complexity index is 217. The molecule has 1 aliphatic rings. The van der Waals surface area contributed by atoms with Crippen molar-refractivity contribution in [2.45, 2.75) is 39.0 Å². The number of thioether (sulfide) groups is 1. The summed E-state index contributed by atoms with van der Waals surface area (Å²) in [6.07, 6.45) is 5.17. The summed E-state index contributed by atoms with van der Waals surface area (Å²) in [6, 6.07) is 0. The molecule has 0 saturated carbocycles. The molecular weight excluding hydrogens is 234 g/mol. The van der Waals surface area contributed by atoms with Gasteiger partial charge < -0.3 is 10.0 Å². The average molecular weight is 259 g/mol. The highest BCUT2D eigenvalue weighted by Crippen LogP contribution is 2.25. The van der Waals surface area contributed by atoms with Crippen LogP contribution in [0.25, 0.3) is 0 Å². The van der Waals surface area contributed by atoms with E-state index < -0.39 is 0 Å². The Balaban J connectivity index is 2.34. The fourth-order valence-electron chi connectivity index (χ4n) is 2.16. The van der Waals surface area contributed by atoms with E-state index in [9.17, 15) is 4.79 Å². The molecule has 0 unspecified atom stereocenters. The summed E-state index contributed by atoms with van der Waals surface area (Å²) in [6.45, 7) is 3.51. The summed E-state index contributed by atoms with van der Waals surface area (Å²) in [5, 5.41) is 8.99. The molecule has 1 aliphatic heterocycles. The number of carbonyl (C=O) groups excluding carboxylic acids is 1. The molecule has 1 fully saturated rings. The maximum absolute atomic E-state index is 12.1. The fraction of sp³-hybridized carbons (Fsp3) is 0.923. The van der Waals surface area contributed by atoms with Crippen LogP contribution in [0.5, 0.6) is 0 Å². The van der Waals surface area contributed by atoms with Gasteiger partial charge >= 0.3 is 0 Å². The molecule has 0 aromatic heterocycles. The van der Waals surface area contributed by atoms with Crippen LogP contribution in [0.2, 0.25) is 0 Å². The summed E-state index contributed by atoms with van der Waals surface area (Å²) in [5.74, 6) is 3.22. The standard InChI is InChI=1S/C13H25NO2S/c1-2-3-6-14(7-8-15)13(16)11-12-4-9-17-10-5-12/h12,15H,2-11H2,1H3. The smallest absolute Gasteiger partial charge is 0.222 e. The average Bonchev–Trinajstić information content (AvgIpc) is 2.35. The lowest BCUT2D eigenvalue weighted by atomic mass is 9.98. The van der Waals surface area contributed by atoms with Crippen LogP contribution in [0.15, 0.2) is 0 Å². The highest BCUT2D eigenvalue weighted by Gasteiger charge is 2.20. The van der Waals surface area contributed by atoms with E-state index in [0.29, 0.717) is 18.9 Å². The van der Waals surface area contributed by atoms with Crippen LogP contribution in [-0.4, -0.2) is 47.1 Å². The third-order valence-corrected chi connectivity index (χ3v) is 4.36. The minimum Gasteiger partial charge on any atom is -0.395 e. The van der Waals surface area contributed by atoms with Gasteiger partial charge in [-0.25, -0.2) is 0 Å². The minimum atomic E-state index is 0.0793. The van der Waals surface area contributed by atoms with Crippen molar-refractivity contribution in [1.29, 1.82) is 0 Å². The Morgan fingerprint density at radius 3 is 2.65 bits per heavy atom. The van der Waals surface area contributed by atoms with Crippen molar-refractivity contribution in [3.8, 4) is 0 Å². The van der Waals surface area contributed by atoms with E-state index in [1.165, 1.54) is 24.3 Å². The van der Waals surface area contributed by atoms with Gasteiger partial charge in [0.2, 0.25) is 5.91 Å². The van der Waals surface area contributed by atoms with E-state index in [-0.39, 0.29) is 12.5 Å². The van der Waals surface area contributed by atoms with Gasteiger partial charge in [0.15, 0.2) is 0 Å². The van der Waals surface area contributed by atoms with E-state index in [1.54, 1.807) is 0 Å². The molecule has 3 nitrogen and oxygen atoms in total. The second-order valence-corrected chi connectivity index (χ2v) is 5.94. The predicted molar refractivity (Wildman–Crippen MR) is 73.2 cm³/mol. The van der Waals surface area contributed by atoms with Crippen molar-refractivity contribution in [3.05, 3.63) is 0 Å². The summed E-state index contributed by atoms with van der Waals surface area (Å²) in [7, 11) is 0. The third-order valence-electron chi connectivity index (χ3n) is 3.31. The van der Waals surface area contributed by atoms with Crippen molar-refractivity contribution in [3.63, 3.8) is 0 Å². The van der Waals surface area contributed by atoms with Gasteiger partial charge in [-0.05, 0) is 36.7 Å². The highest BCUT2D eigenvalue weighted by atomic mass is 32.2. The number of nitrogens with zero attached hydrogens (tertiary/aromatic N) is 1. The zero-order chi connectivity index (χ0) is 12.5. The van der Waals surface area contributed by atoms with Crippen molar-refractivity contribution in [2.75, 3.05) is 31.2 Å². The lowest BCUT2D eigenvalue weighted by Crippen LogP contribution is -2.35. The first-order valence-electron chi connectivity index (χ1n) is 6.74. The molecule has 0 atom stereocenters. The van der Waals surface area contributed by atoms with Gasteiger partial charge in [-0.1, -0.05) is 13.3 Å². The Labute approximate surface area is 109 Å². The minimum absolute atomic E-state index is 0.0793. The molecule has 0 radical (unpaired) electrons. The molecule has 1 N–H and O–H groups in total.